The maximum absolute atomic E-state index is 12.4. The minimum absolute atomic E-state index is 0.0511. The molecule has 26 heavy (non-hydrogen) atoms. The number of rotatable bonds is 7. The zero-order valence-corrected chi connectivity index (χ0v) is 14.4. The van der Waals surface area contributed by atoms with Gasteiger partial charge in [-0.15, -0.1) is 0 Å². The van der Waals surface area contributed by atoms with Crippen molar-refractivity contribution in [2.45, 2.75) is 26.0 Å². The minimum atomic E-state index is -1.13. The van der Waals surface area contributed by atoms with Crippen LogP contribution in [0.15, 0.2) is 54.6 Å². The van der Waals surface area contributed by atoms with Crippen molar-refractivity contribution in [3.05, 3.63) is 65.7 Å². The molecule has 4 N–H and O–H groups in total. The van der Waals surface area contributed by atoms with Crippen molar-refractivity contribution in [1.29, 1.82) is 0 Å². The standard InChI is InChI=1S/C19H21N3O4/c1-13-6-5-9-15(10-13)21-18(24)16(11-17(20)23)22-19(25)26-12-14-7-3-2-4-8-14/h2-10,16H,11-12H2,1H3,(H2,20,23)(H,21,24)(H,22,25). The first-order valence-corrected chi connectivity index (χ1v) is 8.07. The number of nitrogens with two attached hydrogens (primary N) is 1. The fraction of sp³-hybridized carbons (Fsp3) is 0.211. The molecule has 2 aromatic rings. The van der Waals surface area contributed by atoms with Crippen LogP contribution in [0.4, 0.5) is 10.5 Å². The van der Waals surface area contributed by atoms with Crippen molar-refractivity contribution < 1.29 is 19.1 Å². The van der Waals surface area contributed by atoms with E-state index >= 15 is 0 Å². The first-order valence-electron chi connectivity index (χ1n) is 8.07. The van der Waals surface area contributed by atoms with E-state index in [-0.39, 0.29) is 13.0 Å². The van der Waals surface area contributed by atoms with Gasteiger partial charge in [0.25, 0.3) is 0 Å². The van der Waals surface area contributed by atoms with Crippen molar-refractivity contribution in [2.24, 2.45) is 5.73 Å². The zero-order valence-electron chi connectivity index (χ0n) is 14.4. The first kappa shape index (κ1) is 19.0. The Morgan fingerprint density at radius 2 is 1.81 bits per heavy atom. The first-order chi connectivity index (χ1) is 12.4. The molecule has 0 bridgehead atoms. The van der Waals surface area contributed by atoms with Crippen LogP contribution in [0.2, 0.25) is 0 Å². The lowest BCUT2D eigenvalue weighted by Gasteiger charge is -2.17. The lowest BCUT2D eigenvalue weighted by molar-refractivity contribution is -0.123. The van der Waals surface area contributed by atoms with Crippen LogP contribution in [0.1, 0.15) is 17.5 Å². The summed E-state index contributed by atoms with van der Waals surface area (Å²) >= 11 is 0. The van der Waals surface area contributed by atoms with E-state index in [1.165, 1.54) is 0 Å². The van der Waals surface area contributed by atoms with E-state index in [1.807, 2.05) is 31.2 Å². The predicted molar refractivity (Wildman–Crippen MR) is 97.2 cm³/mol. The van der Waals surface area contributed by atoms with Gasteiger partial charge in [0.15, 0.2) is 0 Å². The van der Waals surface area contributed by atoms with E-state index in [1.54, 1.807) is 30.3 Å². The normalized spacial score (nSPS) is 11.3. The molecule has 0 aromatic heterocycles. The molecule has 7 heteroatoms. The third-order valence-electron chi connectivity index (χ3n) is 3.51. The summed E-state index contributed by atoms with van der Waals surface area (Å²) in [5.74, 6) is -1.26. The monoisotopic (exact) mass is 355 g/mol. The predicted octanol–water partition coefficient (Wildman–Crippen LogP) is 2.10. The quantitative estimate of drug-likeness (QED) is 0.706. The Morgan fingerprint density at radius 1 is 1.08 bits per heavy atom. The van der Waals surface area contributed by atoms with Gasteiger partial charge in [0.1, 0.15) is 12.6 Å². The van der Waals surface area contributed by atoms with Gasteiger partial charge < -0.3 is 21.1 Å². The number of alkyl carbamates (subject to hydrolysis) is 1. The van der Waals surface area contributed by atoms with Crippen molar-refractivity contribution >= 4 is 23.6 Å². The average molecular weight is 355 g/mol. The fourth-order valence-electron chi connectivity index (χ4n) is 2.27. The lowest BCUT2D eigenvalue weighted by Crippen LogP contribution is -2.46. The van der Waals surface area contributed by atoms with Gasteiger partial charge in [0, 0.05) is 5.69 Å². The number of hydrogen-bond acceptors (Lipinski definition) is 4. The van der Waals surface area contributed by atoms with Crippen molar-refractivity contribution in [2.75, 3.05) is 5.32 Å². The molecule has 2 aromatic carbocycles. The number of carbonyl (C=O) groups excluding carboxylic acids is 3. The van der Waals surface area contributed by atoms with Crippen molar-refractivity contribution in [3.63, 3.8) is 0 Å². The molecule has 0 radical (unpaired) electrons. The molecule has 0 saturated carbocycles. The Kier molecular flexibility index (Phi) is 6.73. The maximum Gasteiger partial charge on any atom is 0.408 e. The summed E-state index contributed by atoms with van der Waals surface area (Å²) in [6.07, 6.45) is -1.14. The van der Waals surface area contributed by atoms with Crippen LogP contribution in [0.5, 0.6) is 0 Å². The van der Waals surface area contributed by atoms with Crippen LogP contribution in [0.25, 0.3) is 0 Å². The van der Waals surface area contributed by atoms with Crippen LogP contribution >= 0.6 is 0 Å². The van der Waals surface area contributed by atoms with Crippen LogP contribution in [-0.4, -0.2) is 23.9 Å². The summed E-state index contributed by atoms with van der Waals surface area (Å²) in [6.45, 7) is 1.94. The number of benzene rings is 2. The number of carbonyl (C=O) groups is 3. The van der Waals surface area contributed by atoms with Crippen molar-refractivity contribution in [1.82, 2.24) is 5.32 Å². The Bertz CT molecular complexity index is 777. The molecule has 1 unspecified atom stereocenters. The molecule has 0 aliphatic rings. The van der Waals surface area contributed by atoms with Gasteiger partial charge in [-0.3, -0.25) is 9.59 Å². The Labute approximate surface area is 151 Å². The molecular weight excluding hydrogens is 334 g/mol. The van der Waals surface area contributed by atoms with E-state index < -0.39 is 23.9 Å². The van der Waals surface area contributed by atoms with Gasteiger partial charge in [-0.1, -0.05) is 42.5 Å². The number of primary amides is 1. The van der Waals surface area contributed by atoms with Crippen LogP contribution < -0.4 is 16.4 Å². The van der Waals surface area contributed by atoms with E-state index in [4.69, 9.17) is 10.5 Å². The maximum atomic E-state index is 12.4. The summed E-state index contributed by atoms with van der Waals surface area (Å²) in [6, 6.07) is 15.1. The highest BCUT2D eigenvalue weighted by Crippen LogP contribution is 2.10. The fourth-order valence-corrected chi connectivity index (χ4v) is 2.27. The second-order valence-electron chi connectivity index (χ2n) is 5.79. The second-order valence-corrected chi connectivity index (χ2v) is 5.79. The smallest absolute Gasteiger partial charge is 0.408 e. The molecular formula is C19H21N3O4. The second kappa shape index (κ2) is 9.22. The summed E-state index contributed by atoms with van der Waals surface area (Å²) in [5.41, 5.74) is 7.50. The molecule has 136 valence electrons. The van der Waals surface area contributed by atoms with Crippen molar-refractivity contribution in [3.8, 4) is 0 Å². The number of hydrogen-bond donors (Lipinski definition) is 3. The van der Waals surface area contributed by atoms with E-state index in [9.17, 15) is 14.4 Å². The Hall–Kier alpha value is -3.35. The minimum Gasteiger partial charge on any atom is -0.445 e. The highest BCUT2D eigenvalue weighted by molar-refractivity contribution is 5.99. The molecule has 0 aliphatic carbocycles. The summed E-state index contributed by atoms with van der Waals surface area (Å²) in [7, 11) is 0. The molecule has 3 amide bonds. The zero-order chi connectivity index (χ0) is 18.9. The third-order valence-corrected chi connectivity index (χ3v) is 3.51. The van der Waals surface area contributed by atoms with Gasteiger partial charge >= 0.3 is 6.09 Å². The molecule has 7 nitrogen and oxygen atoms in total. The third kappa shape index (κ3) is 6.27. The lowest BCUT2D eigenvalue weighted by atomic mass is 10.1. The molecule has 0 aliphatic heterocycles. The van der Waals surface area contributed by atoms with Crippen LogP contribution in [0.3, 0.4) is 0 Å². The van der Waals surface area contributed by atoms with E-state index in [0.29, 0.717) is 5.69 Å². The van der Waals surface area contributed by atoms with E-state index in [0.717, 1.165) is 11.1 Å². The average Bonchev–Trinajstić information content (AvgIpc) is 2.60. The van der Waals surface area contributed by atoms with Gasteiger partial charge in [-0.25, -0.2) is 4.79 Å². The number of aryl methyl sites for hydroxylation is 1. The molecule has 0 saturated heterocycles. The molecule has 0 fully saturated rings. The number of nitrogens with one attached hydrogen (secondary N) is 2. The molecule has 0 spiro atoms. The number of ether oxygens (including phenoxy) is 1. The summed E-state index contributed by atoms with van der Waals surface area (Å²) in [4.78, 5) is 35.6. The number of anilines is 1. The Balaban J connectivity index is 1.95. The summed E-state index contributed by atoms with van der Waals surface area (Å²) < 4.78 is 5.08. The van der Waals surface area contributed by atoms with E-state index in [2.05, 4.69) is 10.6 Å². The molecule has 2 rings (SSSR count). The summed E-state index contributed by atoms with van der Waals surface area (Å²) in [5, 5.41) is 5.03. The SMILES string of the molecule is Cc1cccc(NC(=O)C(CC(N)=O)NC(=O)OCc2ccccc2)c1. The topological polar surface area (TPSA) is 111 Å². The van der Waals surface area contributed by atoms with Gasteiger partial charge in [0.2, 0.25) is 11.8 Å². The Morgan fingerprint density at radius 3 is 2.46 bits per heavy atom. The largest absolute Gasteiger partial charge is 0.445 e. The van der Waals surface area contributed by atoms with Crippen LogP contribution in [-0.2, 0) is 20.9 Å². The number of amides is 3. The highest BCUT2D eigenvalue weighted by atomic mass is 16.5. The van der Waals surface area contributed by atoms with Gasteiger partial charge in [0.05, 0.1) is 6.42 Å². The van der Waals surface area contributed by atoms with Gasteiger partial charge in [-0.2, -0.15) is 0 Å². The molecule has 0 heterocycles. The van der Waals surface area contributed by atoms with Crippen LogP contribution in [0, 0.1) is 6.92 Å². The molecule has 1 atom stereocenters. The highest BCUT2D eigenvalue weighted by Gasteiger charge is 2.23. The van der Waals surface area contributed by atoms with Gasteiger partial charge in [-0.05, 0) is 30.2 Å².